The van der Waals surface area contributed by atoms with E-state index in [0.717, 1.165) is 18.5 Å². The van der Waals surface area contributed by atoms with Gasteiger partial charge in [-0.3, -0.25) is 9.48 Å². The Kier molecular flexibility index (Phi) is 3.49. The normalized spacial score (nSPS) is 16.6. The molecule has 100 valence electrons. The predicted octanol–water partition coefficient (Wildman–Crippen LogP) is 3.05. The molecule has 4 nitrogen and oxygen atoms in total. The molecule has 2 aromatic rings. The lowest BCUT2D eigenvalue weighted by atomic mass is 9.96. The Balaban J connectivity index is 1.68. The Morgan fingerprint density at radius 3 is 2.79 bits per heavy atom. The lowest BCUT2D eigenvalue weighted by Gasteiger charge is -2.21. The molecule has 0 aromatic carbocycles. The molecule has 0 radical (unpaired) electrons. The topological polar surface area (TPSA) is 39.8 Å². The summed E-state index contributed by atoms with van der Waals surface area (Å²) in [4.78, 5) is 10.6. The van der Waals surface area contributed by atoms with Crippen molar-refractivity contribution in [2.24, 2.45) is 0 Å². The number of rotatable bonds is 4. The van der Waals surface area contributed by atoms with E-state index in [9.17, 15) is 4.79 Å². The molecule has 19 heavy (non-hydrogen) atoms. The first-order valence-corrected chi connectivity index (χ1v) is 7.00. The van der Waals surface area contributed by atoms with Crippen LogP contribution < -0.4 is 0 Å². The van der Waals surface area contributed by atoms with Crippen LogP contribution in [0.5, 0.6) is 0 Å². The average molecular weight is 257 g/mol. The smallest absolute Gasteiger partial charge is 0.151 e. The summed E-state index contributed by atoms with van der Waals surface area (Å²) >= 11 is 0. The first-order chi connectivity index (χ1) is 9.35. The molecule has 2 heterocycles. The van der Waals surface area contributed by atoms with E-state index in [0.29, 0.717) is 11.6 Å². The van der Waals surface area contributed by atoms with E-state index in [1.807, 2.05) is 23.0 Å². The first-order valence-electron chi connectivity index (χ1n) is 7.00. The number of hydrogen-bond acceptors (Lipinski definition) is 2. The Hall–Kier alpha value is -1.84. The Bertz CT molecular complexity index is 549. The van der Waals surface area contributed by atoms with Crippen LogP contribution in [0.15, 0.2) is 30.7 Å². The number of nitrogens with zero attached hydrogens (tertiary/aromatic N) is 3. The molecular weight excluding hydrogens is 238 g/mol. The number of hydrogen-bond donors (Lipinski definition) is 0. The number of carbonyl (C=O) groups excluding carboxylic acids is 1. The van der Waals surface area contributed by atoms with E-state index in [2.05, 4.69) is 22.0 Å². The van der Waals surface area contributed by atoms with Crippen LogP contribution in [0.1, 0.15) is 54.2 Å². The zero-order chi connectivity index (χ0) is 13.1. The summed E-state index contributed by atoms with van der Waals surface area (Å²) in [5.74, 6) is 0. The van der Waals surface area contributed by atoms with Gasteiger partial charge in [0, 0.05) is 24.2 Å². The summed E-state index contributed by atoms with van der Waals surface area (Å²) in [5, 5.41) is 4.67. The van der Waals surface area contributed by atoms with Crippen LogP contribution in [0.3, 0.4) is 0 Å². The number of aromatic nitrogens is 3. The van der Waals surface area contributed by atoms with Crippen LogP contribution in [-0.2, 0) is 6.54 Å². The van der Waals surface area contributed by atoms with Crippen molar-refractivity contribution < 1.29 is 4.79 Å². The van der Waals surface area contributed by atoms with E-state index in [1.165, 1.54) is 32.1 Å². The molecule has 0 aliphatic heterocycles. The molecule has 1 aliphatic rings. The quantitative estimate of drug-likeness (QED) is 0.790. The van der Waals surface area contributed by atoms with Crippen LogP contribution in [0.4, 0.5) is 0 Å². The standard InChI is InChI=1S/C15H19N3O/c19-12-13-6-8-17(10-13)11-14-7-9-18(16-14)15-4-2-1-3-5-15/h6-10,12,15H,1-5,11H2. The van der Waals surface area contributed by atoms with Gasteiger partial charge < -0.3 is 4.57 Å². The lowest BCUT2D eigenvalue weighted by molar-refractivity contribution is 0.112. The Morgan fingerprint density at radius 2 is 2.05 bits per heavy atom. The summed E-state index contributed by atoms with van der Waals surface area (Å²) in [6, 6.07) is 4.48. The zero-order valence-electron chi connectivity index (χ0n) is 11.0. The average Bonchev–Trinajstić information content (AvgIpc) is 3.09. The van der Waals surface area contributed by atoms with Crippen LogP contribution in [0.2, 0.25) is 0 Å². The molecule has 1 aliphatic carbocycles. The second kappa shape index (κ2) is 5.43. The van der Waals surface area contributed by atoms with Crippen molar-refractivity contribution in [3.63, 3.8) is 0 Å². The lowest BCUT2D eigenvalue weighted by Crippen LogP contribution is -2.13. The molecule has 1 fully saturated rings. The molecule has 0 atom stereocenters. The van der Waals surface area contributed by atoms with Crippen molar-refractivity contribution in [3.8, 4) is 0 Å². The summed E-state index contributed by atoms with van der Waals surface area (Å²) in [5.41, 5.74) is 1.77. The van der Waals surface area contributed by atoms with Crippen molar-refractivity contribution in [2.45, 2.75) is 44.7 Å². The molecule has 0 N–H and O–H groups in total. The van der Waals surface area contributed by atoms with Crippen LogP contribution >= 0.6 is 0 Å². The van der Waals surface area contributed by atoms with Gasteiger partial charge in [0.05, 0.1) is 18.3 Å². The first kappa shape index (κ1) is 12.2. The Morgan fingerprint density at radius 1 is 1.21 bits per heavy atom. The molecule has 4 heteroatoms. The molecule has 0 bridgehead atoms. The SMILES string of the molecule is O=Cc1ccn(Cc2ccn(C3CCCCC3)n2)c1. The van der Waals surface area contributed by atoms with Gasteiger partial charge in [-0.2, -0.15) is 5.10 Å². The minimum Gasteiger partial charge on any atom is -0.348 e. The van der Waals surface area contributed by atoms with Gasteiger partial charge in [-0.15, -0.1) is 0 Å². The largest absolute Gasteiger partial charge is 0.348 e. The highest BCUT2D eigenvalue weighted by Gasteiger charge is 2.15. The van der Waals surface area contributed by atoms with Crippen molar-refractivity contribution in [1.29, 1.82) is 0 Å². The molecule has 0 amide bonds. The monoisotopic (exact) mass is 257 g/mol. The maximum absolute atomic E-state index is 10.6. The molecule has 3 rings (SSSR count). The zero-order valence-corrected chi connectivity index (χ0v) is 11.0. The van der Waals surface area contributed by atoms with Crippen LogP contribution in [-0.4, -0.2) is 20.6 Å². The van der Waals surface area contributed by atoms with Crippen molar-refractivity contribution in [1.82, 2.24) is 14.3 Å². The fourth-order valence-corrected chi connectivity index (χ4v) is 2.83. The third kappa shape index (κ3) is 2.78. The summed E-state index contributed by atoms with van der Waals surface area (Å²) in [6.07, 6.45) is 13.2. The highest BCUT2D eigenvalue weighted by molar-refractivity contribution is 5.74. The summed E-state index contributed by atoms with van der Waals surface area (Å²) in [7, 11) is 0. The highest BCUT2D eigenvalue weighted by Crippen LogP contribution is 2.27. The van der Waals surface area contributed by atoms with Gasteiger partial charge in [0.15, 0.2) is 6.29 Å². The third-order valence-electron chi connectivity index (χ3n) is 3.87. The fourth-order valence-electron chi connectivity index (χ4n) is 2.83. The van der Waals surface area contributed by atoms with Gasteiger partial charge in [-0.05, 0) is 25.0 Å². The van der Waals surface area contributed by atoms with E-state index >= 15 is 0 Å². The van der Waals surface area contributed by atoms with Crippen molar-refractivity contribution in [3.05, 3.63) is 42.0 Å². The minimum atomic E-state index is 0.581. The number of carbonyl (C=O) groups is 1. The predicted molar refractivity (Wildman–Crippen MR) is 73.3 cm³/mol. The second-order valence-electron chi connectivity index (χ2n) is 5.31. The van der Waals surface area contributed by atoms with Gasteiger partial charge >= 0.3 is 0 Å². The van der Waals surface area contributed by atoms with Gasteiger partial charge in [0.25, 0.3) is 0 Å². The maximum Gasteiger partial charge on any atom is 0.151 e. The summed E-state index contributed by atoms with van der Waals surface area (Å²) in [6.45, 7) is 0.730. The molecule has 0 spiro atoms. The van der Waals surface area contributed by atoms with Crippen LogP contribution in [0, 0.1) is 0 Å². The van der Waals surface area contributed by atoms with Gasteiger partial charge in [0.1, 0.15) is 0 Å². The van der Waals surface area contributed by atoms with E-state index in [1.54, 1.807) is 0 Å². The Labute approximate surface area is 113 Å². The highest BCUT2D eigenvalue weighted by atomic mass is 16.1. The van der Waals surface area contributed by atoms with Gasteiger partial charge in [0.2, 0.25) is 0 Å². The third-order valence-corrected chi connectivity index (χ3v) is 3.87. The van der Waals surface area contributed by atoms with Gasteiger partial charge in [-0.1, -0.05) is 19.3 Å². The van der Waals surface area contributed by atoms with Crippen molar-refractivity contribution in [2.75, 3.05) is 0 Å². The number of aldehydes is 1. The minimum absolute atomic E-state index is 0.581. The van der Waals surface area contributed by atoms with Gasteiger partial charge in [-0.25, -0.2) is 0 Å². The molecule has 0 saturated heterocycles. The molecular formula is C15H19N3O. The second-order valence-corrected chi connectivity index (χ2v) is 5.31. The van der Waals surface area contributed by atoms with Crippen molar-refractivity contribution >= 4 is 6.29 Å². The molecule has 1 saturated carbocycles. The van der Waals surface area contributed by atoms with E-state index in [-0.39, 0.29) is 0 Å². The maximum atomic E-state index is 10.6. The van der Waals surface area contributed by atoms with E-state index < -0.39 is 0 Å². The molecule has 2 aromatic heterocycles. The van der Waals surface area contributed by atoms with Crippen LogP contribution in [0.25, 0.3) is 0 Å². The fraction of sp³-hybridized carbons (Fsp3) is 0.467. The molecule has 0 unspecified atom stereocenters. The van der Waals surface area contributed by atoms with E-state index in [4.69, 9.17) is 0 Å². The summed E-state index contributed by atoms with van der Waals surface area (Å²) < 4.78 is 4.12.